The van der Waals surface area contributed by atoms with Crippen molar-refractivity contribution in [3.8, 4) is 11.8 Å². The van der Waals surface area contributed by atoms with Gasteiger partial charge in [-0.05, 0) is 69.0 Å². The third-order valence-corrected chi connectivity index (χ3v) is 9.86. The van der Waals surface area contributed by atoms with Crippen LogP contribution in [-0.2, 0) is 26.1 Å². The van der Waals surface area contributed by atoms with E-state index in [9.17, 15) is 37.1 Å². The molecule has 2 aromatic carbocycles. The van der Waals surface area contributed by atoms with Gasteiger partial charge < -0.3 is 10.2 Å². The highest BCUT2D eigenvalue weighted by molar-refractivity contribution is 6.33. The van der Waals surface area contributed by atoms with Crippen LogP contribution in [0.1, 0.15) is 70.9 Å². The molecule has 49 heavy (non-hydrogen) atoms. The number of anilines is 2. The molecule has 1 atom stereocenters. The van der Waals surface area contributed by atoms with Crippen molar-refractivity contribution in [1.82, 2.24) is 20.0 Å². The molecule has 7 rings (SSSR count). The minimum Gasteiger partial charge on any atom is -0.368 e. The monoisotopic (exact) mass is 692 g/mol. The molecule has 3 aromatic rings. The van der Waals surface area contributed by atoms with Crippen LogP contribution in [0.4, 0.5) is 24.5 Å². The fourth-order valence-corrected chi connectivity index (χ4v) is 6.89. The average Bonchev–Trinajstić information content (AvgIpc) is 3.57. The second kappa shape index (κ2) is 11.5. The fraction of sp³-hybridized carbons (Fsp3) is 0.353. The van der Waals surface area contributed by atoms with Crippen LogP contribution in [0.5, 0.6) is 0 Å². The van der Waals surface area contributed by atoms with Gasteiger partial charge in [0.15, 0.2) is 0 Å². The lowest BCUT2D eigenvalue weighted by Crippen LogP contribution is -2.54. The summed E-state index contributed by atoms with van der Waals surface area (Å²) in [5.74, 6) is 3.74. The molecule has 1 aromatic heterocycles. The van der Waals surface area contributed by atoms with Gasteiger partial charge in [-0.3, -0.25) is 38.9 Å². The second-order valence-electron chi connectivity index (χ2n) is 13.0. The van der Waals surface area contributed by atoms with Gasteiger partial charge in [-0.2, -0.15) is 18.3 Å². The molecule has 4 aliphatic rings. The van der Waals surface area contributed by atoms with Crippen LogP contribution in [0, 0.1) is 17.3 Å². The van der Waals surface area contributed by atoms with Crippen LogP contribution >= 0.6 is 11.6 Å². The van der Waals surface area contributed by atoms with Gasteiger partial charge in [0.2, 0.25) is 11.8 Å². The highest BCUT2D eigenvalue weighted by atomic mass is 35.5. The van der Waals surface area contributed by atoms with Gasteiger partial charge in [-0.15, -0.1) is 0 Å². The molecule has 0 bridgehead atoms. The smallest absolute Gasteiger partial charge is 0.368 e. The summed E-state index contributed by atoms with van der Waals surface area (Å²) in [6.45, 7) is 3.06. The van der Waals surface area contributed by atoms with Gasteiger partial charge in [0.25, 0.3) is 17.7 Å². The number of fused-ring (bicyclic) bond motifs is 1. The lowest BCUT2D eigenvalue weighted by atomic mass is 9.76. The Bertz CT molecular complexity index is 2020. The van der Waals surface area contributed by atoms with Crippen LogP contribution in [0.15, 0.2) is 48.8 Å². The minimum atomic E-state index is -4.56. The van der Waals surface area contributed by atoms with E-state index < -0.39 is 58.3 Å². The van der Waals surface area contributed by atoms with Crippen molar-refractivity contribution >= 4 is 52.5 Å². The van der Waals surface area contributed by atoms with Crippen LogP contribution in [0.3, 0.4) is 0 Å². The fourth-order valence-electron chi connectivity index (χ4n) is 6.66. The Labute approximate surface area is 282 Å². The Balaban J connectivity index is 1.01. The lowest BCUT2D eigenvalue weighted by molar-refractivity contribution is -0.138. The number of carbonyl (C=O) groups excluding carboxylic acids is 5. The molecule has 1 saturated carbocycles. The zero-order valence-electron chi connectivity index (χ0n) is 26.0. The standard InChI is InChI=1S/C34H28ClF3N6O5/c1-32(17-42(18-32)21-4-5-22-23(14-21)30(48)44(29(22)47)26-7-8-27(45)41-28(26)46)12-9-19-15-39-43(16-19)33(10-2-11-33)31(49)40-25-6-3-20(13-24(25)35)34(36,37)38/h3-6,13-16,26H,2,7-8,10-11,17-18H2,1H3,(H,40,49)(H,41,45,46). The first kappa shape index (κ1) is 32.4. The molecule has 1 unspecified atom stereocenters. The molecule has 3 fully saturated rings. The van der Waals surface area contributed by atoms with Gasteiger partial charge in [0.1, 0.15) is 11.6 Å². The molecular formula is C34H28ClF3N6O5. The average molecular weight is 693 g/mol. The summed E-state index contributed by atoms with van der Waals surface area (Å²) in [7, 11) is 0. The Morgan fingerprint density at radius 2 is 1.80 bits per heavy atom. The number of nitrogens with one attached hydrogen (secondary N) is 2. The van der Waals surface area contributed by atoms with E-state index in [-0.39, 0.29) is 34.7 Å². The predicted molar refractivity (Wildman–Crippen MR) is 169 cm³/mol. The maximum absolute atomic E-state index is 13.4. The first-order valence-electron chi connectivity index (χ1n) is 15.5. The molecule has 252 valence electrons. The van der Waals surface area contributed by atoms with Crippen LogP contribution < -0.4 is 15.5 Å². The van der Waals surface area contributed by atoms with Crippen molar-refractivity contribution in [2.45, 2.75) is 56.8 Å². The van der Waals surface area contributed by atoms with E-state index in [1.807, 2.05) is 11.8 Å². The summed E-state index contributed by atoms with van der Waals surface area (Å²) in [6, 6.07) is 6.69. The summed E-state index contributed by atoms with van der Waals surface area (Å²) in [5.41, 5.74) is -0.554. The van der Waals surface area contributed by atoms with E-state index in [0.717, 1.165) is 35.2 Å². The number of aromatic nitrogens is 2. The van der Waals surface area contributed by atoms with Gasteiger partial charge >= 0.3 is 6.18 Å². The van der Waals surface area contributed by atoms with Gasteiger partial charge in [0.05, 0.1) is 44.6 Å². The predicted octanol–water partition coefficient (Wildman–Crippen LogP) is 4.35. The number of hydrogen-bond donors (Lipinski definition) is 2. The number of piperidine rings is 1. The van der Waals surface area contributed by atoms with Crippen molar-refractivity contribution in [2.75, 3.05) is 23.3 Å². The number of hydrogen-bond acceptors (Lipinski definition) is 7. The third kappa shape index (κ3) is 5.61. The Hall–Kier alpha value is -5.16. The van der Waals surface area contributed by atoms with Crippen LogP contribution in [0.2, 0.25) is 5.02 Å². The number of halogens is 4. The van der Waals surface area contributed by atoms with Crippen molar-refractivity contribution in [3.63, 3.8) is 0 Å². The number of nitrogens with zero attached hydrogens (tertiary/aromatic N) is 4. The Kier molecular flexibility index (Phi) is 7.59. The molecule has 0 spiro atoms. The SMILES string of the molecule is CC1(C#Cc2cnn(C3(C(=O)Nc4ccc(C(F)(F)F)cc4Cl)CCC3)c2)CN(c2ccc3c(c2)C(=O)N(C2CCC(=O)NC2=O)C3=O)C1. The molecule has 1 aliphatic carbocycles. The number of amides is 5. The van der Waals surface area contributed by atoms with E-state index in [1.165, 1.54) is 0 Å². The first-order valence-corrected chi connectivity index (χ1v) is 15.9. The molecule has 0 radical (unpaired) electrons. The van der Waals surface area contributed by atoms with Crippen molar-refractivity contribution < 1.29 is 37.1 Å². The van der Waals surface area contributed by atoms with Crippen LogP contribution in [-0.4, -0.2) is 63.3 Å². The topological polar surface area (TPSA) is 134 Å². The first-order chi connectivity index (χ1) is 23.2. The number of carbonyl (C=O) groups is 5. The highest BCUT2D eigenvalue weighted by Crippen LogP contribution is 2.42. The lowest BCUT2D eigenvalue weighted by Gasteiger charge is -2.46. The van der Waals surface area contributed by atoms with Crippen molar-refractivity contribution in [2.24, 2.45) is 5.41 Å². The Morgan fingerprint density at radius 1 is 1.06 bits per heavy atom. The zero-order chi connectivity index (χ0) is 34.9. The van der Waals surface area contributed by atoms with Gasteiger partial charge in [-0.25, -0.2) is 0 Å². The number of alkyl halides is 3. The summed E-state index contributed by atoms with van der Waals surface area (Å²) >= 11 is 6.06. The van der Waals surface area contributed by atoms with Crippen molar-refractivity contribution in [1.29, 1.82) is 0 Å². The highest BCUT2D eigenvalue weighted by Gasteiger charge is 2.48. The number of rotatable bonds is 5. The van der Waals surface area contributed by atoms with E-state index in [4.69, 9.17) is 11.6 Å². The quantitative estimate of drug-likeness (QED) is 0.300. The maximum atomic E-state index is 13.4. The number of imide groups is 2. The number of benzene rings is 2. The molecule has 11 nitrogen and oxygen atoms in total. The zero-order valence-corrected chi connectivity index (χ0v) is 26.7. The molecule has 4 heterocycles. The minimum absolute atomic E-state index is 0.0423. The molecule has 15 heteroatoms. The van der Waals surface area contributed by atoms with Gasteiger partial charge in [0, 0.05) is 31.4 Å². The van der Waals surface area contributed by atoms with Crippen molar-refractivity contribution in [3.05, 3.63) is 76.1 Å². The normalized spacial score (nSPS) is 20.9. The summed E-state index contributed by atoms with van der Waals surface area (Å²) in [6.07, 6.45) is 0.532. The molecule has 5 amide bonds. The van der Waals surface area contributed by atoms with Gasteiger partial charge in [-0.1, -0.05) is 23.4 Å². The third-order valence-electron chi connectivity index (χ3n) is 9.55. The largest absolute Gasteiger partial charge is 0.416 e. The van der Waals surface area contributed by atoms with E-state index in [2.05, 4.69) is 27.6 Å². The summed E-state index contributed by atoms with van der Waals surface area (Å²) < 4.78 is 40.7. The summed E-state index contributed by atoms with van der Waals surface area (Å²) in [4.78, 5) is 66.5. The molecule has 3 aliphatic heterocycles. The van der Waals surface area contributed by atoms with E-state index >= 15 is 0 Å². The maximum Gasteiger partial charge on any atom is 0.416 e. The van der Waals surface area contributed by atoms with E-state index in [1.54, 1.807) is 35.3 Å². The Morgan fingerprint density at radius 3 is 2.45 bits per heavy atom. The van der Waals surface area contributed by atoms with Crippen LogP contribution in [0.25, 0.3) is 0 Å². The van der Waals surface area contributed by atoms with E-state index in [0.29, 0.717) is 31.5 Å². The molecule has 2 N–H and O–H groups in total. The summed E-state index contributed by atoms with van der Waals surface area (Å²) in [5, 5.41) is 9.03. The second-order valence-corrected chi connectivity index (χ2v) is 13.5. The molecule has 2 saturated heterocycles. The molecular weight excluding hydrogens is 665 g/mol.